The largest absolute Gasteiger partial charge is 0.482 e. The van der Waals surface area contributed by atoms with Gasteiger partial charge in [0.25, 0.3) is 5.91 Å². The van der Waals surface area contributed by atoms with Crippen molar-refractivity contribution in [3.8, 4) is 5.75 Å². The minimum atomic E-state index is -0.122. The van der Waals surface area contributed by atoms with Crippen LogP contribution in [-0.2, 0) is 4.79 Å². The van der Waals surface area contributed by atoms with Crippen LogP contribution in [-0.4, -0.2) is 18.6 Å². The van der Waals surface area contributed by atoms with Gasteiger partial charge in [-0.05, 0) is 36.8 Å². The lowest BCUT2D eigenvalue weighted by Gasteiger charge is -2.18. The summed E-state index contributed by atoms with van der Waals surface area (Å²) in [5.74, 6) is 0.310. The van der Waals surface area contributed by atoms with Crippen LogP contribution in [0.1, 0.15) is 33.1 Å². The predicted molar refractivity (Wildman–Crippen MR) is 81.5 cm³/mol. The average molecular weight is 316 g/mol. The highest BCUT2D eigenvalue weighted by molar-refractivity contribution is 6.34. The minimum Gasteiger partial charge on any atom is -0.482 e. The first-order chi connectivity index (χ1) is 9.35. The van der Waals surface area contributed by atoms with E-state index in [4.69, 9.17) is 27.9 Å². The first-order valence-corrected chi connectivity index (χ1v) is 7.48. The number of amides is 1. The second-order valence-corrected chi connectivity index (χ2v) is 6.88. The summed E-state index contributed by atoms with van der Waals surface area (Å²) in [5.41, 5.74) is 0.315. The molecule has 1 amide bonds. The maximum absolute atomic E-state index is 11.9. The second-order valence-electron chi connectivity index (χ2n) is 6.03. The van der Waals surface area contributed by atoms with Crippen molar-refractivity contribution in [2.45, 2.75) is 39.2 Å². The smallest absolute Gasteiger partial charge is 0.258 e. The lowest BCUT2D eigenvalue weighted by molar-refractivity contribution is -0.123. The van der Waals surface area contributed by atoms with Crippen molar-refractivity contribution in [2.75, 3.05) is 6.61 Å². The molecule has 1 unspecified atom stereocenters. The molecular weight excluding hydrogens is 297 g/mol. The topological polar surface area (TPSA) is 38.3 Å². The number of nitrogens with one attached hydrogen (secondary N) is 1. The van der Waals surface area contributed by atoms with Crippen molar-refractivity contribution < 1.29 is 9.53 Å². The Balaban J connectivity index is 1.82. The van der Waals surface area contributed by atoms with Gasteiger partial charge in [-0.1, -0.05) is 37.0 Å². The molecule has 1 aromatic rings. The molecule has 0 bridgehead atoms. The zero-order chi connectivity index (χ0) is 14.8. The molecule has 0 aromatic heterocycles. The molecule has 1 aliphatic carbocycles. The van der Waals surface area contributed by atoms with E-state index in [9.17, 15) is 4.79 Å². The molecule has 0 radical (unpaired) electrons. The first-order valence-electron chi connectivity index (χ1n) is 6.73. The molecule has 2 rings (SSSR count). The molecule has 1 fully saturated rings. The van der Waals surface area contributed by atoms with Crippen LogP contribution in [0.15, 0.2) is 18.2 Å². The average Bonchev–Trinajstić information content (AvgIpc) is 2.70. The Morgan fingerprint density at radius 2 is 2.20 bits per heavy atom. The molecule has 1 aliphatic rings. The molecule has 1 atom stereocenters. The van der Waals surface area contributed by atoms with Gasteiger partial charge in [-0.25, -0.2) is 0 Å². The number of hydrogen-bond donors (Lipinski definition) is 1. The van der Waals surface area contributed by atoms with Gasteiger partial charge < -0.3 is 10.1 Å². The Bertz CT molecular complexity index is 503. The summed E-state index contributed by atoms with van der Waals surface area (Å²) < 4.78 is 5.41. The molecule has 0 heterocycles. The van der Waals surface area contributed by atoms with Crippen LogP contribution in [0, 0.1) is 5.41 Å². The molecule has 0 saturated heterocycles. The number of carbonyl (C=O) groups excluding carboxylic acids is 1. The predicted octanol–water partition coefficient (Wildman–Crippen LogP) is 4.07. The van der Waals surface area contributed by atoms with Gasteiger partial charge in [0.1, 0.15) is 5.75 Å². The summed E-state index contributed by atoms with van der Waals surface area (Å²) in [4.78, 5) is 11.9. The number of halogens is 2. The third-order valence-electron chi connectivity index (χ3n) is 3.59. The van der Waals surface area contributed by atoms with Gasteiger partial charge in [0.05, 0.1) is 5.02 Å². The van der Waals surface area contributed by atoms with E-state index in [1.54, 1.807) is 18.2 Å². The second kappa shape index (κ2) is 6.23. The summed E-state index contributed by atoms with van der Waals surface area (Å²) >= 11 is 11.8. The monoisotopic (exact) mass is 315 g/mol. The number of rotatable bonds is 4. The van der Waals surface area contributed by atoms with Gasteiger partial charge in [-0.3, -0.25) is 4.79 Å². The molecule has 1 aromatic carbocycles. The van der Waals surface area contributed by atoms with E-state index in [-0.39, 0.29) is 18.6 Å². The Morgan fingerprint density at radius 1 is 1.45 bits per heavy atom. The Hall–Kier alpha value is -0.930. The van der Waals surface area contributed by atoms with Crippen molar-refractivity contribution >= 4 is 29.1 Å². The van der Waals surface area contributed by atoms with Crippen molar-refractivity contribution in [2.24, 2.45) is 5.41 Å². The van der Waals surface area contributed by atoms with E-state index in [0.717, 1.165) is 19.3 Å². The number of carbonyl (C=O) groups is 1. The van der Waals surface area contributed by atoms with Gasteiger partial charge in [0.15, 0.2) is 6.61 Å². The van der Waals surface area contributed by atoms with E-state index in [0.29, 0.717) is 21.2 Å². The lowest BCUT2D eigenvalue weighted by atomic mass is 9.92. The normalized spacial score (nSPS) is 20.7. The van der Waals surface area contributed by atoms with Gasteiger partial charge in [-0.2, -0.15) is 0 Å². The Kier molecular flexibility index (Phi) is 4.82. The minimum absolute atomic E-state index is 0.0447. The molecule has 1 N–H and O–H groups in total. The van der Waals surface area contributed by atoms with E-state index in [1.807, 2.05) is 0 Å². The highest BCUT2D eigenvalue weighted by Gasteiger charge is 2.31. The molecular formula is C15H19Cl2NO2. The highest BCUT2D eigenvalue weighted by atomic mass is 35.5. The third-order valence-corrected chi connectivity index (χ3v) is 4.13. The summed E-state index contributed by atoms with van der Waals surface area (Å²) in [6.07, 6.45) is 3.17. The van der Waals surface area contributed by atoms with Crippen molar-refractivity contribution in [3.63, 3.8) is 0 Å². The van der Waals surface area contributed by atoms with E-state index in [2.05, 4.69) is 19.2 Å². The van der Waals surface area contributed by atoms with Crippen molar-refractivity contribution in [1.82, 2.24) is 5.32 Å². The molecule has 0 aliphatic heterocycles. The Labute approximate surface area is 129 Å². The molecule has 1 saturated carbocycles. The molecule has 3 nitrogen and oxygen atoms in total. The van der Waals surface area contributed by atoms with Gasteiger partial charge in [0, 0.05) is 17.1 Å². The molecule has 20 heavy (non-hydrogen) atoms. The summed E-state index contributed by atoms with van der Waals surface area (Å²) in [7, 11) is 0. The van der Waals surface area contributed by atoms with Crippen molar-refractivity contribution in [1.29, 1.82) is 0 Å². The molecule has 110 valence electrons. The molecule has 0 spiro atoms. The highest BCUT2D eigenvalue weighted by Crippen LogP contribution is 2.36. The summed E-state index contributed by atoms with van der Waals surface area (Å²) in [6.45, 7) is 4.40. The maximum atomic E-state index is 11.9. The fourth-order valence-electron chi connectivity index (χ4n) is 2.56. The zero-order valence-electron chi connectivity index (χ0n) is 11.7. The maximum Gasteiger partial charge on any atom is 0.258 e. The molecule has 5 heteroatoms. The van der Waals surface area contributed by atoms with Crippen LogP contribution in [0.2, 0.25) is 10.0 Å². The van der Waals surface area contributed by atoms with Crippen LogP contribution >= 0.6 is 23.2 Å². The standard InChI is InChI=1S/C15H19Cl2NO2/c1-15(2)6-5-11(8-15)18-14(19)9-20-13-7-10(16)3-4-12(13)17/h3-4,7,11H,5-6,8-9H2,1-2H3,(H,18,19). The fraction of sp³-hybridized carbons (Fsp3) is 0.533. The van der Waals surface area contributed by atoms with Gasteiger partial charge in [0.2, 0.25) is 0 Å². The van der Waals surface area contributed by atoms with Crippen LogP contribution in [0.5, 0.6) is 5.75 Å². The van der Waals surface area contributed by atoms with Gasteiger partial charge >= 0.3 is 0 Å². The Morgan fingerprint density at radius 3 is 2.85 bits per heavy atom. The number of benzene rings is 1. The quantitative estimate of drug-likeness (QED) is 0.909. The van der Waals surface area contributed by atoms with Crippen LogP contribution in [0.25, 0.3) is 0 Å². The van der Waals surface area contributed by atoms with Crippen molar-refractivity contribution in [3.05, 3.63) is 28.2 Å². The van der Waals surface area contributed by atoms with Crippen LogP contribution < -0.4 is 10.1 Å². The van der Waals surface area contributed by atoms with Crippen LogP contribution in [0.4, 0.5) is 0 Å². The van der Waals surface area contributed by atoms with E-state index >= 15 is 0 Å². The SMILES string of the molecule is CC1(C)CCC(NC(=O)COc2cc(Cl)ccc2Cl)C1. The number of hydrogen-bond acceptors (Lipinski definition) is 2. The lowest BCUT2D eigenvalue weighted by Crippen LogP contribution is -2.36. The summed E-state index contributed by atoms with van der Waals surface area (Å²) in [5, 5.41) is 3.98. The number of ether oxygens (including phenoxy) is 1. The van der Waals surface area contributed by atoms with E-state index < -0.39 is 0 Å². The third kappa shape index (κ3) is 4.29. The van der Waals surface area contributed by atoms with Crippen LogP contribution in [0.3, 0.4) is 0 Å². The fourth-order valence-corrected chi connectivity index (χ4v) is 2.89. The summed E-state index contributed by atoms with van der Waals surface area (Å²) in [6, 6.07) is 5.18. The zero-order valence-corrected chi connectivity index (χ0v) is 13.2. The first kappa shape index (κ1) is 15.5. The van der Waals surface area contributed by atoms with Gasteiger partial charge in [-0.15, -0.1) is 0 Å². The van der Waals surface area contributed by atoms with E-state index in [1.165, 1.54) is 0 Å².